The third-order valence-corrected chi connectivity index (χ3v) is 4.38. The Hall–Kier alpha value is -0.860. The number of nitrogens with one attached hydrogen (secondary N) is 1. The lowest BCUT2D eigenvalue weighted by atomic mass is 9.94. The summed E-state index contributed by atoms with van der Waals surface area (Å²) in [5.41, 5.74) is 1.42. The molecule has 1 saturated heterocycles. The third-order valence-electron chi connectivity index (χ3n) is 4.38. The van der Waals surface area contributed by atoms with Gasteiger partial charge in [-0.1, -0.05) is 50.6 Å². The minimum Gasteiger partial charge on any atom is -0.309 e. The number of benzene rings is 1. The average molecular weight is 260 g/mol. The van der Waals surface area contributed by atoms with Crippen molar-refractivity contribution in [3.05, 3.63) is 35.9 Å². The van der Waals surface area contributed by atoms with Gasteiger partial charge >= 0.3 is 0 Å². The van der Waals surface area contributed by atoms with E-state index >= 15 is 0 Å². The summed E-state index contributed by atoms with van der Waals surface area (Å²) in [6, 6.07) is 11.3. The summed E-state index contributed by atoms with van der Waals surface area (Å²) in [6.45, 7) is 9.24. The third kappa shape index (κ3) is 4.32. The average Bonchev–Trinajstić information content (AvgIpc) is 2.48. The molecule has 0 saturated carbocycles. The van der Waals surface area contributed by atoms with Gasteiger partial charge in [-0.05, 0) is 44.0 Å². The smallest absolute Gasteiger partial charge is 0.0449 e. The van der Waals surface area contributed by atoms with Gasteiger partial charge in [-0.25, -0.2) is 0 Å². The Kier molecular flexibility index (Phi) is 5.87. The Labute approximate surface area is 118 Å². The number of hydrogen-bond donors (Lipinski definition) is 1. The van der Waals surface area contributed by atoms with Crippen LogP contribution >= 0.6 is 0 Å². The van der Waals surface area contributed by atoms with Gasteiger partial charge in [0.05, 0.1) is 0 Å². The molecular formula is C17H28N2. The maximum Gasteiger partial charge on any atom is 0.0449 e. The first-order valence-corrected chi connectivity index (χ1v) is 7.84. The number of piperidine rings is 1. The van der Waals surface area contributed by atoms with E-state index in [1.165, 1.54) is 37.9 Å². The normalized spacial score (nSPS) is 19.5. The molecule has 1 heterocycles. The van der Waals surface area contributed by atoms with Crippen LogP contribution in [0.3, 0.4) is 0 Å². The highest BCUT2D eigenvalue weighted by atomic mass is 15.2. The first-order valence-electron chi connectivity index (χ1n) is 7.84. The summed E-state index contributed by atoms with van der Waals surface area (Å²) < 4.78 is 0. The molecule has 1 aromatic carbocycles. The number of likely N-dealkylation sites (N-methyl/N-ethyl adjacent to an activating group) is 1. The molecule has 0 bridgehead atoms. The lowest BCUT2D eigenvalue weighted by Crippen LogP contribution is -2.40. The number of hydrogen-bond acceptors (Lipinski definition) is 2. The van der Waals surface area contributed by atoms with Crippen molar-refractivity contribution in [1.82, 2.24) is 10.2 Å². The zero-order valence-corrected chi connectivity index (χ0v) is 12.4. The summed E-state index contributed by atoms with van der Waals surface area (Å²) in [4.78, 5) is 2.63. The zero-order valence-electron chi connectivity index (χ0n) is 12.4. The molecule has 1 aromatic rings. The van der Waals surface area contributed by atoms with Gasteiger partial charge in [0.15, 0.2) is 0 Å². The predicted molar refractivity (Wildman–Crippen MR) is 82.3 cm³/mol. The SMILES string of the molecule is CCNC(CN1CCC(CC)CC1)c1ccccc1. The van der Waals surface area contributed by atoms with Crippen LogP contribution in [-0.2, 0) is 0 Å². The van der Waals surface area contributed by atoms with Crippen LogP contribution in [0.4, 0.5) is 0 Å². The van der Waals surface area contributed by atoms with Crippen LogP contribution in [0.15, 0.2) is 30.3 Å². The van der Waals surface area contributed by atoms with Gasteiger partial charge < -0.3 is 10.2 Å². The Balaban J connectivity index is 1.91. The summed E-state index contributed by atoms with van der Waals surface area (Å²) in [5, 5.41) is 3.63. The summed E-state index contributed by atoms with van der Waals surface area (Å²) in [6.07, 6.45) is 4.11. The number of likely N-dealkylation sites (tertiary alicyclic amines) is 1. The molecule has 1 aliphatic rings. The van der Waals surface area contributed by atoms with Crippen molar-refractivity contribution in [3.63, 3.8) is 0 Å². The van der Waals surface area contributed by atoms with Crippen molar-refractivity contribution in [2.45, 2.75) is 39.2 Å². The summed E-state index contributed by atoms with van der Waals surface area (Å²) >= 11 is 0. The molecule has 0 amide bonds. The van der Waals surface area contributed by atoms with E-state index in [0.29, 0.717) is 6.04 Å². The fraction of sp³-hybridized carbons (Fsp3) is 0.647. The van der Waals surface area contributed by atoms with Crippen LogP contribution in [0.5, 0.6) is 0 Å². The Morgan fingerprint density at radius 1 is 1.16 bits per heavy atom. The molecule has 1 N–H and O–H groups in total. The van der Waals surface area contributed by atoms with Gasteiger partial charge in [0.1, 0.15) is 0 Å². The van der Waals surface area contributed by atoms with Crippen molar-refractivity contribution in [2.75, 3.05) is 26.2 Å². The molecule has 19 heavy (non-hydrogen) atoms. The molecule has 1 atom stereocenters. The second-order valence-corrected chi connectivity index (χ2v) is 5.67. The highest BCUT2D eigenvalue weighted by Gasteiger charge is 2.20. The highest BCUT2D eigenvalue weighted by molar-refractivity contribution is 5.19. The van der Waals surface area contributed by atoms with E-state index in [4.69, 9.17) is 0 Å². The quantitative estimate of drug-likeness (QED) is 0.842. The van der Waals surface area contributed by atoms with Crippen LogP contribution in [0.1, 0.15) is 44.7 Å². The number of rotatable bonds is 6. The fourth-order valence-electron chi connectivity index (χ4n) is 3.06. The fourth-order valence-corrected chi connectivity index (χ4v) is 3.06. The van der Waals surface area contributed by atoms with Gasteiger partial charge in [0, 0.05) is 12.6 Å². The van der Waals surface area contributed by atoms with Crippen molar-refractivity contribution in [3.8, 4) is 0 Å². The molecule has 2 heteroatoms. The molecule has 0 spiro atoms. The largest absolute Gasteiger partial charge is 0.309 e. The molecule has 1 aliphatic heterocycles. The maximum atomic E-state index is 3.63. The Morgan fingerprint density at radius 3 is 2.42 bits per heavy atom. The highest BCUT2D eigenvalue weighted by Crippen LogP contribution is 2.22. The van der Waals surface area contributed by atoms with Crippen LogP contribution in [0.25, 0.3) is 0 Å². The van der Waals surface area contributed by atoms with Crippen LogP contribution in [-0.4, -0.2) is 31.1 Å². The van der Waals surface area contributed by atoms with Crippen molar-refractivity contribution >= 4 is 0 Å². The predicted octanol–water partition coefficient (Wildman–Crippen LogP) is 3.46. The molecular weight excluding hydrogens is 232 g/mol. The van der Waals surface area contributed by atoms with E-state index in [0.717, 1.165) is 19.0 Å². The molecule has 0 aromatic heterocycles. The van der Waals surface area contributed by atoms with Gasteiger partial charge in [-0.15, -0.1) is 0 Å². The van der Waals surface area contributed by atoms with E-state index in [2.05, 4.69) is 54.4 Å². The second kappa shape index (κ2) is 7.66. The zero-order chi connectivity index (χ0) is 13.5. The van der Waals surface area contributed by atoms with E-state index in [9.17, 15) is 0 Å². The maximum absolute atomic E-state index is 3.63. The summed E-state index contributed by atoms with van der Waals surface area (Å²) in [5.74, 6) is 0.963. The number of nitrogens with zero attached hydrogens (tertiary/aromatic N) is 1. The van der Waals surface area contributed by atoms with E-state index < -0.39 is 0 Å². The Bertz CT molecular complexity index is 342. The monoisotopic (exact) mass is 260 g/mol. The van der Waals surface area contributed by atoms with Crippen LogP contribution in [0, 0.1) is 5.92 Å². The topological polar surface area (TPSA) is 15.3 Å². The van der Waals surface area contributed by atoms with Gasteiger partial charge in [-0.3, -0.25) is 0 Å². The van der Waals surface area contributed by atoms with E-state index in [1.807, 2.05) is 0 Å². The molecule has 0 radical (unpaired) electrons. The molecule has 106 valence electrons. The van der Waals surface area contributed by atoms with Crippen LogP contribution < -0.4 is 5.32 Å². The van der Waals surface area contributed by atoms with E-state index in [1.54, 1.807) is 0 Å². The Morgan fingerprint density at radius 2 is 1.84 bits per heavy atom. The van der Waals surface area contributed by atoms with Crippen molar-refractivity contribution in [1.29, 1.82) is 0 Å². The first kappa shape index (κ1) is 14.5. The lowest BCUT2D eigenvalue weighted by Gasteiger charge is -2.34. The van der Waals surface area contributed by atoms with E-state index in [-0.39, 0.29) is 0 Å². The lowest BCUT2D eigenvalue weighted by molar-refractivity contribution is 0.166. The van der Waals surface area contributed by atoms with Gasteiger partial charge in [-0.2, -0.15) is 0 Å². The second-order valence-electron chi connectivity index (χ2n) is 5.67. The molecule has 1 fully saturated rings. The molecule has 2 nitrogen and oxygen atoms in total. The standard InChI is InChI=1S/C17H28N2/c1-3-15-10-12-19(13-11-15)14-17(18-4-2)16-8-6-5-7-9-16/h5-9,15,17-18H,3-4,10-14H2,1-2H3. The van der Waals surface area contributed by atoms with Gasteiger partial charge in [0.25, 0.3) is 0 Å². The van der Waals surface area contributed by atoms with Gasteiger partial charge in [0.2, 0.25) is 0 Å². The summed E-state index contributed by atoms with van der Waals surface area (Å²) in [7, 11) is 0. The van der Waals surface area contributed by atoms with Crippen LogP contribution in [0.2, 0.25) is 0 Å². The molecule has 0 aliphatic carbocycles. The minimum atomic E-state index is 0.476. The van der Waals surface area contributed by atoms with Crippen molar-refractivity contribution < 1.29 is 0 Å². The van der Waals surface area contributed by atoms with Crippen molar-refractivity contribution in [2.24, 2.45) is 5.92 Å². The minimum absolute atomic E-state index is 0.476. The molecule has 1 unspecified atom stereocenters. The first-order chi connectivity index (χ1) is 9.33. The molecule has 2 rings (SSSR count).